The maximum Gasteiger partial charge on any atom is 0.151 e. The van der Waals surface area contributed by atoms with Gasteiger partial charge in [-0.05, 0) is 0 Å². The highest BCUT2D eigenvalue weighted by Crippen LogP contribution is 2.33. The van der Waals surface area contributed by atoms with Crippen molar-refractivity contribution in [3.05, 3.63) is 0 Å². The van der Waals surface area contributed by atoms with Crippen molar-refractivity contribution in [2.45, 2.75) is 21.9 Å². The molecule has 0 radical (unpaired) electrons. The quantitative estimate of drug-likeness (QED) is 0.557. The molecule has 0 unspecified atom stereocenters. The fourth-order valence-electron chi connectivity index (χ4n) is 0.563. The molecule has 0 aromatic heterocycles. The highest BCUT2D eigenvalue weighted by Gasteiger charge is 2.40. The second-order valence-corrected chi connectivity index (χ2v) is 3.60. The van der Waals surface area contributed by atoms with E-state index in [4.69, 9.17) is 51.1 Å². The van der Waals surface area contributed by atoms with Crippen LogP contribution in [0, 0.1) is 0 Å². The van der Waals surface area contributed by atoms with Gasteiger partial charge in [0.25, 0.3) is 0 Å². The molecule has 0 aromatic rings. The molecule has 1 rings (SSSR count). The molecule has 0 spiro atoms. The lowest BCUT2D eigenvalue weighted by Gasteiger charge is -2.03. The maximum atomic E-state index is 5.63. The molecule has 4 atom stereocenters. The average Bonchev–Trinajstić information content (AvgIpc) is 1.98. The Morgan fingerprint density at radius 3 is 1.22 bits per heavy atom. The average molecular weight is 210 g/mol. The Labute approximate surface area is 73.2 Å². The number of halogens is 4. The summed E-state index contributed by atoms with van der Waals surface area (Å²) < 4.78 is 4.85. The van der Waals surface area contributed by atoms with Gasteiger partial charge in [-0.2, -0.15) is 0 Å². The fraction of sp³-hybridized carbons (Fsp3) is 1.00. The lowest BCUT2D eigenvalue weighted by molar-refractivity contribution is 0.143. The zero-order valence-electron chi connectivity index (χ0n) is 4.23. The van der Waals surface area contributed by atoms with Gasteiger partial charge >= 0.3 is 0 Å². The van der Waals surface area contributed by atoms with Crippen LogP contribution in [0.2, 0.25) is 0 Å². The van der Waals surface area contributed by atoms with Crippen LogP contribution in [0.25, 0.3) is 0 Å². The van der Waals surface area contributed by atoms with E-state index >= 15 is 0 Å². The third-order valence-corrected chi connectivity index (χ3v) is 3.20. The normalized spacial score (nSPS) is 52.0. The third kappa shape index (κ3) is 1.58. The summed E-state index contributed by atoms with van der Waals surface area (Å²) in [5, 5.41) is -0.785. The van der Waals surface area contributed by atoms with E-state index in [-0.39, 0.29) is 0 Å². The minimum atomic E-state index is -0.559. The van der Waals surface area contributed by atoms with Crippen molar-refractivity contribution in [3.63, 3.8) is 0 Å². The lowest BCUT2D eigenvalue weighted by atomic mass is 10.4. The van der Waals surface area contributed by atoms with Gasteiger partial charge in [0.2, 0.25) is 0 Å². The molecular weight excluding hydrogens is 206 g/mol. The Kier molecular flexibility index (Phi) is 2.75. The summed E-state index contributed by atoms with van der Waals surface area (Å²) in [5.74, 6) is 0. The van der Waals surface area contributed by atoms with Gasteiger partial charge < -0.3 is 4.74 Å². The molecular formula is C4H4Cl4O. The van der Waals surface area contributed by atoms with Crippen LogP contribution in [0.15, 0.2) is 0 Å². The monoisotopic (exact) mass is 208 g/mol. The summed E-state index contributed by atoms with van der Waals surface area (Å²) in [4.78, 5) is 0. The van der Waals surface area contributed by atoms with Crippen LogP contribution in [0.3, 0.4) is 0 Å². The van der Waals surface area contributed by atoms with Crippen LogP contribution in [0.4, 0.5) is 0 Å². The summed E-state index contributed by atoms with van der Waals surface area (Å²) >= 11 is 22.3. The maximum absolute atomic E-state index is 5.63. The Balaban J connectivity index is 2.54. The topological polar surface area (TPSA) is 9.23 Å². The van der Waals surface area contributed by atoms with E-state index in [1.54, 1.807) is 0 Å². The molecule has 0 amide bonds. The molecule has 5 heteroatoms. The van der Waals surface area contributed by atoms with E-state index < -0.39 is 21.9 Å². The van der Waals surface area contributed by atoms with Crippen LogP contribution in [0.5, 0.6) is 0 Å². The van der Waals surface area contributed by atoms with Crippen molar-refractivity contribution in [1.82, 2.24) is 0 Å². The molecule has 1 aliphatic heterocycles. The highest BCUT2D eigenvalue weighted by molar-refractivity contribution is 6.38. The number of ether oxygens (including phenoxy) is 1. The first-order valence-corrected chi connectivity index (χ1v) is 4.09. The zero-order chi connectivity index (χ0) is 7.02. The van der Waals surface area contributed by atoms with Crippen LogP contribution in [0.1, 0.15) is 0 Å². The molecule has 0 aromatic carbocycles. The van der Waals surface area contributed by atoms with Gasteiger partial charge in [0.1, 0.15) is 0 Å². The Morgan fingerprint density at radius 2 is 1.11 bits per heavy atom. The molecule has 0 saturated carbocycles. The lowest BCUT2D eigenvalue weighted by Crippen LogP contribution is -2.17. The largest absolute Gasteiger partial charge is 0.340 e. The molecule has 1 heterocycles. The molecule has 0 aliphatic carbocycles. The first-order chi connectivity index (χ1) is 4.13. The van der Waals surface area contributed by atoms with E-state index in [1.165, 1.54) is 0 Å². The Bertz CT molecular complexity index is 96.7. The van der Waals surface area contributed by atoms with Gasteiger partial charge in [-0.15, -0.1) is 23.2 Å². The minimum Gasteiger partial charge on any atom is -0.340 e. The molecule has 54 valence electrons. The van der Waals surface area contributed by atoms with Gasteiger partial charge in [-0.1, -0.05) is 23.2 Å². The Morgan fingerprint density at radius 1 is 0.778 bits per heavy atom. The molecule has 1 fully saturated rings. The standard InChI is InChI=1S/C4H4Cl4O/c5-1-2(6)4(8)9-3(1)7/h1-4H/t1-,2-,3-,4+/m0/s1. The van der Waals surface area contributed by atoms with Crippen LogP contribution in [-0.2, 0) is 4.74 Å². The van der Waals surface area contributed by atoms with E-state index in [0.29, 0.717) is 0 Å². The molecule has 0 N–H and O–H groups in total. The second-order valence-electron chi connectivity index (χ2n) is 1.73. The van der Waals surface area contributed by atoms with Crippen LogP contribution in [-0.4, -0.2) is 21.9 Å². The van der Waals surface area contributed by atoms with Crippen molar-refractivity contribution >= 4 is 46.4 Å². The fourth-order valence-corrected chi connectivity index (χ4v) is 1.68. The second kappa shape index (κ2) is 3.02. The van der Waals surface area contributed by atoms with Crippen molar-refractivity contribution in [2.75, 3.05) is 0 Å². The number of hydrogen-bond acceptors (Lipinski definition) is 1. The van der Waals surface area contributed by atoms with Gasteiger partial charge in [-0.3, -0.25) is 0 Å². The number of hydrogen-bond donors (Lipinski definition) is 0. The third-order valence-electron chi connectivity index (χ3n) is 1.06. The van der Waals surface area contributed by atoms with Gasteiger partial charge in [0, 0.05) is 0 Å². The Hall–Kier alpha value is 1.12. The molecule has 1 aliphatic rings. The van der Waals surface area contributed by atoms with Crippen molar-refractivity contribution in [3.8, 4) is 0 Å². The molecule has 1 saturated heterocycles. The van der Waals surface area contributed by atoms with Crippen LogP contribution >= 0.6 is 46.4 Å². The first-order valence-electron chi connectivity index (χ1n) is 2.34. The van der Waals surface area contributed by atoms with E-state index in [9.17, 15) is 0 Å². The summed E-state index contributed by atoms with van der Waals surface area (Å²) in [6.45, 7) is 0. The predicted molar refractivity (Wildman–Crippen MR) is 39.6 cm³/mol. The summed E-state index contributed by atoms with van der Waals surface area (Å²) in [5.41, 5.74) is -1.12. The molecule has 0 bridgehead atoms. The van der Waals surface area contributed by atoms with Crippen molar-refractivity contribution < 1.29 is 4.74 Å². The van der Waals surface area contributed by atoms with Crippen molar-refractivity contribution in [1.29, 1.82) is 0 Å². The molecule has 9 heavy (non-hydrogen) atoms. The van der Waals surface area contributed by atoms with Crippen molar-refractivity contribution in [2.24, 2.45) is 0 Å². The predicted octanol–water partition coefficient (Wildman–Crippen LogP) is 2.36. The van der Waals surface area contributed by atoms with E-state index in [1.807, 2.05) is 0 Å². The van der Waals surface area contributed by atoms with Crippen LogP contribution < -0.4 is 0 Å². The summed E-state index contributed by atoms with van der Waals surface area (Å²) in [6, 6.07) is 0. The minimum absolute atomic E-state index is 0.393. The van der Waals surface area contributed by atoms with Gasteiger partial charge in [-0.25, -0.2) is 0 Å². The van der Waals surface area contributed by atoms with Gasteiger partial charge in [0.05, 0.1) is 10.8 Å². The summed E-state index contributed by atoms with van der Waals surface area (Å²) in [6.07, 6.45) is 0. The number of rotatable bonds is 0. The first kappa shape index (κ1) is 8.22. The number of alkyl halides is 4. The van der Waals surface area contributed by atoms with Gasteiger partial charge in [0.15, 0.2) is 11.1 Å². The summed E-state index contributed by atoms with van der Waals surface area (Å²) in [7, 11) is 0. The highest BCUT2D eigenvalue weighted by atomic mass is 35.5. The van der Waals surface area contributed by atoms with E-state index in [2.05, 4.69) is 0 Å². The van der Waals surface area contributed by atoms with E-state index in [0.717, 1.165) is 0 Å². The SMILES string of the molecule is Cl[C@H]1[C@H](Cl)[C@@H](Cl)O[C@H]1Cl. The zero-order valence-corrected chi connectivity index (χ0v) is 7.25. The smallest absolute Gasteiger partial charge is 0.151 e. The molecule has 1 nitrogen and oxygen atoms in total.